The van der Waals surface area contributed by atoms with Crippen LogP contribution in [0.4, 0.5) is 0 Å². The van der Waals surface area contributed by atoms with E-state index >= 15 is 0 Å². The minimum absolute atomic E-state index is 0.349. The molecule has 0 aromatic carbocycles. The summed E-state index contributed by atoms with van der Waals surface area (Å²) in [6, 6.07) is 2.75. The van der Waals surface area contributed by atoms with E-state index in [0.717, 1.165) is 18.8 Å². The smallest absolute Gasteiger partial charge is 0.0644 e. The number of hydrogen-bond acceptors (Lipinski definition) is 3. The molecule has 0 fully saturated rings. The summed E-state index contributed by atoms with van der Waals surface area (Å²) in [4.78, 5) is 3.09. The van der Waals surface area contributed by atoms with E-state index < -0.39 is 0 Å². The van der Waals surface area contributed by atoms with Gasteiger partial charge < -0.3 is 5.32 Å². The summed E-state index contributed by atoms with van der Waals surface area (Å²) < 4.78 is 2.10. The molecular formula is C17H25N3S. The van der Waals surface area contributed by atoms with Gasteiger partial charge in [-0.05, 0) is 58.6 Å². The zero-order chi connectivity index (χ0) is 15.0. The van der Waals surface area contributed by atoms with Crippen LogP contribution < -0.4 is 5.32 Å². The standard InChI is InChI=1S/C17H25N3S/c1-5-20-13(4)17(12(3)19-20)11(2)18-10-15-9-14-7-6-8-16(14)21-15/h9,11,18H,5-8,10H2,1-4H3. The molecular weight excluding hydrogens is 278 g/mol. The Morgan fingerprint density at radius 3 is 2.86 bits per heavy atom. The summed E-state index contributed by atoms with van der Waals surface area (Å²) in [6.07, 6.45) is 3.92. The third-order valence-electron chi connectivity index (χ3n) is 4.55. The van der Waals surface area contributed by atoms with Crippen molar-refractivity contribution in [1.82, 2.24) is 15.1 Å². The van der Waals surface area contributed by atoms with Gasteiger partial charge in [-0.25, -0.2) is 0 Å². The molecule has 0 saturated heterocycles. The Kier molecular flexibility index (Phi) is 4.18. The van der Waals surface area contributed by atoms with E-state index in [0.29, 0.717) is 6.04 Å². The molecule has 3 rings (SSSR count). The van der Waals surface area contributed by atoms with E-state index in [2.05, 4.69) is 48.9 Å². The molecule has 114 valence electrons. The molecule has 0 radical (unpaired) electrons. The van der Waals surface area contributed by atoms with E-state index in [4.69, 9.17) is 0 Å². The highest BCUT2D eigenvalue weighted by molar-refractivity contribution is 7.12. The van der Waals surface area contributed by atoms with Crippen molar-refractivity contribution in [3.05, 3.63) is 38.3 Å². The lowest BCUT2D eigenvalue weighted by molar-refractivity contribution is 0.570. The molecule has 0 spiro atoms. The van der Waals surface area contributed by atoms with Gasteiger partial charge in [-0.3, -0.25) is 4.68 Å². The summed E-state index contributed by atoms with van der Waals surface area (Å²) in [5.74, 6) is 0. The SMILES string of the molecule is CCn1nc(C)c(C(C)NCc2cc3c(s2)CCC3)c1C. The Hall–Kier alpha value is -1.13. The molecule has 3 nitrogen and oxygen atoms in total. The lowest BCUT2D eigenvalue weighted by atomic mass is 10.1. The van der Waals surface area contributed by atoms with Gasteiger partial charge in [0.25, 0.3) is 0 Å². The zero-order valence-electron chi connectivity index (χ0n) is 13.5. The van der Waals surface area contributed by atoms with Gasteiger partial charge >= 0.3 is 0 Å². The predicted octanol–water partition coefficient (Wildman–Crippen LogP) is 3.92. The molecule has 2 aromatic heterocycles. The first-order chi connectivity index (χ1) is 10.1. The van der Waals surface area contributed by atoms with Crippen molar-refractivity contribution in [2.45, 2.75) is 66.1 Å². The monoisotopic (exact) mass is 303 g/mol. The van der Waals surface area contributed by atoms with Crippen molar-refractivity contribution >= 4 is 11.3 Å². The van der Waals surface area contributed by atoms with Crippen LogP contribution in [-0.4, -0.2) is 9.78 Å². The van der Waals surface area contributed by atoms with Crippen molar-refractivity contribution in [2.24, 2.45) is 0 Å². The summed E-state index contributed by atoms with van der Waals surface area (Å²) in [6.45, 7) is 10.6. The lowest BCUT2D eigenvalue weighted by Gasteiger charge is -2.14. The quantitative estimate of drug-likeness (QED) is 0.907. The predicted molar refractivity (Wildman–Crippen MR) is 89.0 cm³/mol. The molecule has 4 heteroatoms. The van der Waals surface area contributed by atoms with Gasteiger partial charge in [0.15, 0.2) is 0 Å². The molecule has 1 unspecified atom stereocenters. The first kappa shape index (κ1) is 14.8. The third kappa shape index (κ3) is 2.79. The van der Waals surface area contributed by atoms with Gasteiger partial charge in [-0.15, -0.1) is 11.3 Å². The van der Waals surface area contributed by atoms with E-state index in [9.17, 15) is 0 Å². The van der Waals surface area contributed by atoms with Crippen LogP contribution >= 0.6 is 11.3 Å². The molecule has 0 saturated carbocycles. The second-order valence-electron chi connectivity index (χ2n) is 6.02. The number of thiophene rings is 1. The summed E-state index contributed by atoms with van der Waals surface area (Å²) in [5, 5.41) is 8.30. The number of hydrogen-bond donors (Lipinski definition) is 1. The first-order valence-corrected chi connectivity index (χ1v) is 8.79. The minimum atomic E-state index is 0.349. The molecule has 0 amide bonds. The Morgan fingerprint density at radius 2 is 2.19 bits per heavy atom. The molecule has 1 N–H and O–H groups in total. The van der Waals surface area contributed by atoms with Gasteiger partial charge in [-0.1, -0.05) is 0 Å². The van der Waals surface area contributed by atoms with Crippen LogP contribution in [-0.2, 0) is 25.9 Å². The molecule has 1 atom stereocenters. The molecule has 2 aromatic rings. The maximum Gasteiger partial charge on any atom is 0.0644 e. The number of nitrogens with zero attached hydrogens (tertiary/aromatic N) is 2. The van der Waals surface area contributed by atoms with Crippen LogP contribution in [0.25, 0.3) is 0 Å². The van der Waals surface area contributed by atoms with Crippen molar-refractivity contribution in [2.75, 3.05) is 0 Å². The average molecular weight is 303 g/mol. The van der Waals surface area contributed by atoms with Crippen molar-refractivity contribution in [3.63, 3.8) is 0 Å². The maximum absolute atomic E-state index is 4.62. The molecule has 2 heterocycles. The second-order valence-corrected chi connectivity index (χ2v) is 7.24. The molecule has 0 bridgehead atoms. The first-order valence-electron chi connectivity index (χ1n) is 7.98. The number of aryl methyl sites for hydroxylation is 4. The molecule has 1 aliphatic carbocycles. The number of aromatic nitrogens is 2. The van der Waals surface area contributed by atoms with Crippen LogP contribution in [0.2, 0.25) is 0 Å². The number of fused-ring (bicyclic) bond motifs is 1. The van der Waals surface area contributed by atoms with Crippen molar-refractivity contribution in [1.29, 1.82) is 0 Å². The Balaban J connectivity index is 1.68. The normalized spacial score (nSPS) is 15.4. The van der Waals surface area contributed by atoms with E-state index in [1.165, 1.54) is 35.4 Å². The van der Waals surface area contributed by atoms with E-state index in [1.807, 2.05) is 11.3 Å². The highest BCUT2D eigenvalue weighted by atomic mass is 32.1. The lowest BCUT2D eigenvalue weighted by Crippen LogP contribution is -2.18. The maximum atomic E-state index is 4.62. The Labute approximate surface area is 131 Å². The number of rotatable bonds is 5. The van der Waals surface area contributed by atoms with Crippen molar-refractivity contribution in [3.8, 4) is 0 Å². The summed E-state index contributed by atoms with van der Waals surface area (Å²) in [5.41, 5.74) is 5.41. The highest BCUT2D eigenvalue weighted by Gasteiger charge is 2.18. The molecule has 0 aliphatic heterocycles. The minimum Gasteiger partial charge on any atom is -0.305 e. The highest BCUT2D eigenvalue weighted by Crippen LogP contribution is 2.31. The third-order valence-corrected chi connectivity index (χ3v) is 5.79. The molecule has 1 aliphatic rings. The van der Waals surface area contributed by atoms with Crippen LogP contribution in [0.3, 0.4) is 0 Å². The van der Waals surface area contributed by atoms with Crippen LogP contribution in [0.15, 0.2) is 6.07 Å². The van der Waals surface area contributed by atoms with Gasteiger partial charge in [0.1, 0.15) is 0 Å². The van der Waals surface area contributed by atoms with Crippen LogP contribution in [0.1, 0.15) is 58.6 Å². The largest absolute Gasteiger partial charge is 0.305 e. The van der Waals surface area contributed by atoms with Gasteiger partial charge in [0.2, 0.25) is 0 Å². The topological polar surface area (TPSA) is 29.9 Å². The van der Waals surface area contributed by atoms with Gasteiger partial charge in [0.05, 0.1) is 5.69 Å². The fourth-order valence-corrected chi connectivity index (χ4v) is 4.69. The Bertz CT molecular complexity index is 617. The zero-order valence-corrected chi connectivity index (χ0v) is 14.3. The van der Waals surface area contributed by atoms with Gasteiger partial charge in [0, 0.05) is 40.1 Å². The van der Waals surface area contributed by atoms with E-state index in [-0.39, 0.29) is 0 Å². The molecule has 21 heavy (non-hydrogen) atoms. The average Bonchev–Trinajstić information content (AvgIpc) is 3.09. The second kappa shape index (κ2) is 5.93. The fraction of sp³-hybridized carbons (Fsp3) is 0.588. The van der Waals surface area contributed by atoms with Crippen LogP contribution in [0.5, 0.6) is 0 Å². The Morgan fingerprint density at radius 1 is 1.38 bits per heavy atom. The number of nitrogens with one attached hydrogen (secondary N) is 1. The summed E-state index contributed by atoms with van der Waals surface area (Å²) >= 11 is 1.99. The summed E-state index contributed by atoms with van der Waals surface area (Å²) in [7, 11) is 0. The van der Waals surface area contributed by atoms with Crippen LogP contribution in [0, 0.1) is 13.8 Å². The van der Waals surface area contributed by atoms with Gasteiger partial charge in [-0.2, -0.15) is 5.10 Å². The fourth-order valence-electron chi connectivity index (χ4n) is 3.48. The van der Waals surface area contributed by atoms with E-state index in [1.54, 1.807) is 10.4 Å². The van der Waals surface area contributed by atoms with Crippen molar-refractivity contribution < 1.29 is 0 Å².